The zero-order valence-electron chi connectivity index (χ0n) is 13.9. The van der Waals surface area contributed by atoms with Crippen molar-refractivity contribution in [2.45, 2.75) is 38.0 Å². The first-order valence-electron chi connectivity index (χ1n) is 7.93. The first kappa shape index (κ1) is 17.7. The van der Waals surface area contributed by atoms with Crippen LogP contribution in [0.15, 0.2) is 34.6 Å². The van der Waals surface area contributed by atoms with Crippen LogP contribution >= 0.6 is 11.3 Å². The van der Waals surface area contributed by atoms with Crippen molar-refractivity contribution in [3.8, 4) is 0 Å². The van der Waals surface area contributed by atoms with Crippen LogP contribution in [0.1, 0.15) is 34.2 Å². The maximum Gasteiger partial charge on any atom is 0.434 e. The molecule has 1 aromatic heterocycles. The van der Waals surface area contributed by atoms with E-state index >= 15 is 0 Å². The quantitative estimate of drug-likeness (QED) is 0.639. The molecule has 0 aliphatic heterocycles. The molecule has 2 aromatic rings. The van der Waals surface area contributed by atoms with E-state index in [-0.39, 0.29) is 12.6 Å². The topological polar surface area (TPSA) is 49.3 Å². The largest absolute Gasteiger partial charge is 0.434 e. The van der Waals surface area contributed by atoms with Crippen molar-refractivity contribution in [1.29, 1.82) is 0 Å². The molecule has 1 heterocycles. The van der Waals surface area contributed by atoms with Gasteiger partial charge < -0.3 is 10.6 Å². The molecule has 0 spiro atoms. The van der Waals surface area contributed by atoms with Crippen molar-refractivity contribution in [2.24, 2.45) is 4.99 Å². The fourth-order valence-electron chi connectivity index (χ4n) is 2.75. The number of nitrogens with one attached hydrogen (secondary N) is 2. The third-order valence-corrected chi connectivity index (χ3v) is 5.02. The Morgan fingerprint density at radius 1 is 1.36 bits per heavy atom. The van der Waals surface area contributed by atoms with Crippen molar-refractivity contribution < 1.29 is 13.2 Å². The van der Waals surface area contributed by atoms with E-state index in [0.29, 0.717) is 16.9 Å². The summed E-state index contributed by atoms with van der Waals surface area (Å²) in [5.74, 6) is 1.02. The highest BCUT2D eigenvalue weighted by Gasteiger charge is 2.39. The van der Waals surface area contributed by atoms with Gasteiger partial charge in [-0.2, -0.15) is 13.2 Å². The number of aryl methyl sites for hydroxylation is 1. The smallest absolute Gasteiger partial charge is 0.353 e. The summed E-state index contributed by atoms with van der Waals surface area (Å²) >= 11 is 0.986. The molecule has 134 valence electrons. The molecule has 0 radical (unpaired) electrons. The lowest BCUT2D eigenvalue weighted by Crippen LogP contribution is -2.38. The van der Waals surface area contributed by atoms with E-state index < -0.39 is 11.9 Å². The van der Waals surface area contributed by atoms with Crippen LogP contribution < -0.4 is 10.6 Å². The lowest BCUT2D eigenvalue weighted by molar-refractivity contribution is -0.140. The number of aromatic nitrogens is 1. The Kier molecular flexibility index (Phi) is 4.99. The van der Waals surface area contributed by atoms with E-state index in [1.165, 1.54) is 11.1 Å². The summed E-state index contributed by atoms with van der Waals surface area (Å²) in [5, 5.41) is 7.75. The molecule has 2 unspecified atom stereocenters. The van der Waals surface area contributed by atoms with E-state index in [1.807, 2.05) is 12.1 Å². The van der Waals surface area contributed by atoms with Gasteiger partial charge in [0.1, 0.15) is 5.01 Å². The first-order valence-corrected chi connectivity index (χ1v) is 8.80. The molecule has 2 N–H and O–H groups in total. The van der Waals surface area contributed by atoms with Gasteiger partial charge in [-0.3, -0.25) is 4.99 Å². The van der Waals surface area contributed by atoms with Crippen LogP contribution in [-0.4, -0.2) is 24.0 Å². The molecule has 1 aliphatic carbocycles. The average molecular weight is 368 g/mol. The Morgan fingerprint density at radius 3 is 2.76 bits per heavy atom. The van der Waals surface area contributed by atoms with Crippen LogP contribution in [0, 0.1) is 6.92 Å². The maximum absolute atomic E-state index is 12.6. The molecule has 0 amide bonds. The summed E-state index contributed by atoms with van der Waals surface area (Å²) in [6.07, 6.45) is -3.38. The molecule has 4 nitrogen and oxygen atoms in total. The number of guanidine groups is 1. The number of benzene rings is 1. The van der Waals surface area contributed by atoms with Gasteiger partial charge in [-0.25, -0.2) is 4.98 Å². The van der Waals surface area contributed by atoms with E-state index in [9.17, 15) is 13.2 Å². The van der Waals surface area contributed by atoms with Crippen molar-refractivity contribution in [3.63, 3.8) is 0 Å². The van der Waals surface area contributed by atoms with Gasteiger partial charge in [-0.1, -0.05) is 24.3 Å². The van der Waals surface area contributed by atoms with Gasteiger partial charge in [-0.15, -0.1) is 11.3 Å². The minimum absolute atomic E-state index is 0.210. The molecule has 2 atom stereocenters. The number of alkyl halides is 3. The second-order valence-corrected chi connectivity index (χ2v) is 6.94. The van der Waals surface area contributed by atoms with Crippen molar-refractivity contribution in [3.05, 3.63) is 51.5 Å². The normalized spacial score (nSPS) is 20.4. The first-order chi connectivity index (χ1) is 11.9. The SMILES string of the molecule is CN=C(NCc1nc(C(F)(F)F)cs1)NC1CC1c1ccccc1C. The van der Waals surface area contributed by atoms with Crippen LogP contribution in [0.2, 0.25) is 0 Å². The van der Waals surface area contributed by atoms with Gasteiger partial charge in [-0.05, 0) is 24.5 Å². The predicted molar refractivity (Wildman–Crippen MR) is 92.8 cm³/mol. The second-order valence-electron chi connectivity index (χ2n) is 6.00. The van der Waals surface area contributed by atoms with Crippen molar-refractivity contribution >= 4 is 17.3 Å². The zero-order valence-corrected chi connectivity index (χ0v) is 14.7. The lowest BCUT2D eigenvalue weighted by Gasteiger charge is -2.11. The highest BCUT2D eigenvalue weighted by Crippen LogP contribution is 2.42. The Labute approximate surface area is 148 Å². The van der Waals surface area contributed by atoms with E-state index in [2.05, 4.69) is 39.7 Å². The fourth-order valence-corrected chi connectivity index (χ4v) is 3.49. The molecule has 25 heavy (non-hydrogen) atoms. The van der Waals surface area contributed by atoms with Gasteiger partial charge >= 0.3 is 6.18 Å². The Hall–Kier alpha value is -2.09. The molecule has 1 aliphatic rings. The van der Waals surface area contributed by atoms with E-state index in [0.717, 1.165) is 23.1 Å². The van der Waals surface area contributed by atoms with Crippen molar-refractivity contribution in [2.75, 3.05) is 7.05 Å². The molecule has 1 aromatic carbocycles. The van der Waals surface area contributed by atoms with Gasteiger partial charge in [0.05, 0.1) is 6.54 Å². The standard InChI is InChI=1S/C17H19F3N4S/c1-10-5-3-4-6-11(10)12-7-13(12)23-16(21-2)22-8-15-24-14(9-25-15)17(18,19)20/h3-6,9,12-13H,7-8H2,1-2H3,(H2,21,22,23). The van der Waals surface area contributed by atoms with Crippen LogP contribution in [0.3, 0.4) is 0 Å². The molecule has 8 heteroatoms. The summed E-state index contributed by atoms with van der Waals surface area (Å²) in [6, 6.07) is 8.57. The van der Waals surface area contributed by atoms with Gasteiger partial charge in [0.15, 0.2) is 11.7 Å². The Morgan fingerprint density at radius 2 is 2.12 bits per heavy atom. The third-order valence-electron chi connectivity index (χ3n) is 4.17. The highest BCUT2D eigenvalue weighted by atomic mass is 32.1. The summed E-state index contributed by atoms with van der Waals surface area (Å²) in [5.41, 5.74) is 1.74. The van der Waals surface area contributed by atoms with Gasteiger partial charge in [0, 0.05) is 24.4 Å². The second kappa shape index (κ2) is 7.03. The van der Waals surface area contributed by atoms with Crippen LogP contribution in [0.4, 0.5) is 13.2 Å². The van der Waals surface area contributed by atoms with E-state index in [1.54, 1.807) is 7.05 Å². The van der Waals surface area contributed by atoms with Crippen LogP contribution in [-0.2, 0) is 12.7 Å². The summed E-state index contributed by atoms with van der Waals surface area (Å²) < 4.78 is 37.7. The monoisotopic (exact) mass is 368 g/mol. The van der Waals surface area contributed by atoms with Crippen LogP contribution in [0.5, 0.6) is 0 Å². The fraction of sp³-hybridized carbons (Fsp3) is 0.412. The molecule has 0 saturated heterocycles. The Bertz CT molecular complexity index is 769. The molecular formula is C17H19F3N4S. The van der Waals surface area contributed by atoms with Gasteiger partial charge in [0.25, 0.3) is 0 Å². The molecule has 1 saturated carbocycles. The zero-order chi connectivity index (χ0) is 18.0. The third kappa shape index (κ3) is 4.31. The molecular weight excluding hydrogens is 349 g/mol. The Balaban J connectivity index is 1.53. The average Bonchev–Trinajstić information content (AvgIpc) is 3.14. The summed E-state index contributed by atoms with van der Waals surface area (Å²) in [6.45, 7) is 2.31. The number of aliphatic imine (C=N–C) groups is 1. The minimum Gasteiger partial charge on any atom is -0.353 e. The highest BCUT2D eigenvalue weighted by molar-refractivity contribution is 7.09. The number of thiazole rings is 1. The summed E-state index contributed by atoms with van der Waals surface area (Å²) in [7, 11) is 1.64. The number of nitrogens with zero attached hydrogens (tertiary/aromatic N) is 2. The van der Waals surface area contributed by atoms with Crippen molar-refractivity contribution in [1.82, 2.24) is 15.6 Å². The number of halogens is 3. The van der Waals surface area contributed by atoms with Crippen LogP contribution in [0.25, 0.3) is 0 Å². The molecule has 3 rings (SSSR count). The molecule has 0 bridgehead atoms. The maximum atomic E-state index is 12.6. The number of hydrogen-bond donors (Lipinski definition) is 2. The molecule has 1 fully saturated rings. The predicted octanol–water partition coefficient (Wildman–Crippen LogP) is 3.69. The summed E-state index contributed by atoms with van der Waals surface area (Å²) in [4.78, 5) is 7.74. The number of rotatable bonds is 4. The number of hydrogen-bond acceptors (Lipinski definition) is 3. The minimum atomic E-state index is -4.40. The van der Waals surface area contributed by atoms with E-state index in [4.69, 9.17) is 0 Å². The van der Waals surface area contributed by atoms with Gasteiger partial charge in [0.2, 0.25) is 0 Å². The lowest BCUT2D eigenvalue weighted by atomic mass is 10.0.